The molecule has 1 saturated heterocycles. The second kappa shape index (κ2) is 5.81. The molecule has 13 heavy (non-hydrogen) atoms. The maximum absolute atomic E-state index is 5.57. The van der Waals surface area contributed by atoms with Gasteiger partial charge in [-0.15, -0.1) is 0 Å². The van der Waals surface area contributed by atoms with Gasteiger partial charge in [0.2, 0.25) is 0 Å². The summed E-state index contributed by atoms with van der Waals surface area (Å²) in [7, 11) is 0. The zero-order valence-corrected chi connectivity index (χ0v) is 8.55. The highest BCUT2D eigenvalue weighted by molar-refractivity contribution is 5.15. The van der Waals surface area contributed by atoms with Crippen molar-refractivity contribution in [3.05, 3.63) is 23.9 Å². The van der Waals surface area contributed by atoms with Crippen molar-refractivity contribution >= 4 is 0 Å². The summed E-state index contributed by atoms with van der Waals surface area (Å²) in [6.07, 6.45) is 9.98. The molecule has 0 aromatic carbocycles. The van der Waals surface area contributed by atoms with Gasteiger partial charge in [-0.3, -0.25) is 0 Å². The number of hydrogen-bond acceptors (Lipinski definition) is 2. The Morgan fingerprint density at radius 2 is 2.23 bits per heavy atom. The lowest BCUT2D eigenvalue weighted by Crippen LogP contribution is -2.33. The van der Waals surface area contributed by atoms with Gasteiger partial charge in [-0.2, -0.15) is 0 Å². The Bertz CT molecular complexity index is 190. The third-order valence-corrected chi connectivity index (χ3v) is 2.16. The molecule has 2 heteroatoms. The number of ether oxygens (including phenoxy) is 1. The Labute approximate surface area is 80.7 Å². The van der Waals surface area contributed by atoms with Crippen molar-refractivity contribution in [1.29, 1.82) is 0 Å². The van der Waals surface area contributed by atoms with Gasteiger partial charge in [0.1, 0.15) is 6.23 Å². The average Bonchev–Trinajstić information content (AvgIpc) is 2.19. The van der Waals surface area contributed by atoms with Crippen molar-refractivity contribution in [2.45, 2.75) is 39.3 Å². The third-order valence-electron chi connectivity index (χ3n) is 2.16. The normalized spacial score (nSPS) is 25.1. The topological polar surface area (TPSA) is 21.3 Å². The summed E-state index contributed by atoms with van der Waals surface area (Å²) in [5.41, 5.74) is 1.15. The van der Waals surface area contributed by atoms with E-state index in [4.69, 9.17) is 4.74 Å². The highest BCUT2D eigenvalue weighted by Gasteiger charge is 2.12. The first-order valence-corrected chi connectivity index (χ1v) is 5.04. The standard InChI is InChI=1S/C11H19NO/c1-3-7-10(4-2)12-11-8-5-6-9-13-11/h3-4,7,11-12H,5-6,8-9H2,1-2H3/b7-3-,10-4-. The Morgan fingerprint density at radius 1 is 1.38 bits per heavy atom. The molecule has 0 aliphatic carbocycles. The molecule has 1 unspecified atom stereocenters. The minimum Gasteiger partial charge on any atom is -0.360 e. The Morgan fingerprint density at radius 3 is 2.77 bits per heavy atom. The molecule has 0 aromatic rings. The van der Waals surface area contributed by atoms with Crippen LogP contribution in [0.5, 0.6) is 0 Å². The van der Waals surface area contributed by atoms with Gasteiger partial charge in [-0.25, -0.2) is 0 Å². The van der Waals surface area contributed by atoms with Crippen LogP contribution in [0, 0.1) is 0 Å². The van der Waals surface area contributed by atoms with Crippen LogP contribution >= 0.6 is 0 Å². The van der Waals surface area contributed by atoms with E-state index in [1.807, 2.05) is 19.9 Å². The quantitative estimate of drug-likeness (QED) is 0.676. The Hall–Kier alpha value is -0.760. The predicted molar refractivity (Wildman–Crippen MR) is 55.3 cm³/mol. The van der Waals surface area contributed by atoms with E-state index in [-0.39, 0.29) is 6.23 Å². The fraction of sp³-hybridized carbons (Fsp3) is 0.636. The zero-order chi connectivity index (χ0) is 9.52. The van der Waals surface area contributed by atoms with Crippen LogP contribution in [0.15, 0.2) is 23.9 Å². The maximum atomic E-state index is 5.57. The second-order valence-electron chi connectivity index (χ2n) is 3.24. The monoisotopic (exact) mass is 181 g/mol. The van der Waals surface area contributed by atoms with E-state index < -0.39 is 0 Å². The molecule has 0 aromatic heterocycles. The molecule has 0 amide bonds. The van der Waals surface area contributed by atoms with E-state index in [0.717, 1.165) is 18.7 Å². The highest BCUT2D eigenvalue weighted by Crippen LogP contribution is 2.11. The number of nitrogens with one attached hydrogen (secondary N) is 1. The van der Waals surface area contributed by atoms with E-state index in [9.17, 15) is 0 Å². The summed E-state index contributed by atoms with van der Waals surface area (Å²) in [5, 5.41) is 3.36. The number of allylic oxidation sites excluding steroid dienone is 3. The van der Waals surface area contributed by atoms with Gasteiger partial charge in [0.15, 0.2) is 0 Å². The van der Waals surface area contributed by atoms with Crippen LogP contribution in [0.4, 0.5) is 0 Å². The molecular formula is C11H19NO. The first-order chi connectivity index (χ1) is 6.36. The largest absolute Gasteiger partial charge is 0.360 e. The zero-order valence-electron chi connectivity index (χ0n) is 8.55. The molecule has 1 atom stereocenters. The van der Waals surface area contributed by atoms with Crippen LogP contribution in [0.2, 0.25) is 0 Å². The molecular weight excluding hydrogens is 162 g/mol. The van der Waals surface area contributed by atoms with Gasteiger partial charge in [-0.05, 0) is 39.2 Å². The van der Waals surface area contributed by atoms with E-state index >= 15 is 0 Å². The maximum Gasteiger partial charge on any atom is 0.127 e. The summed E-state index contributed by atoms with van der Waals surface area (Å²) in [6, 6.07) is 0. The van der Waals surface area contributed by atoms with E-state index in [2.05, 4.69) is 17.5 Å². The second-order valence-corrected chi connectivity index (χ2v) is 3.24. The lowest BCUT2D eigenvalue weighted by molar-refractivity contribution is 0.00176. The van der Waals surface area contributed by atoms with Crippen LogP contribution in [-0.2, 0) is 4.74 Å². The summed E-state index contributed by atoms with van der Waals surface area (Å²) in [4.78, 5) is 0. The Kier molecular flexibility index (Phi) is 4.61. The molecule has 1 aliphatic heterocycles. The van der Waals surface area contributed by atoms with Crippen molar-refractivity contribution in [2.75, 3.05) is 6.61 Å². The van der Waals surface area contributed by atoms with Crippen molar-refractivity contribution in [1.82, 2.24) is 5.32 Å². The third kappa shape index (κ3) is 3.64. The van der Waals surface area contributed by atoms with Crippen LogP contribution in [-0.4, -0.2) is 12.8 Å². The molecule has 0 radical (unpaired) electrons. The minimum absolute atomic E-state index is 0.219. The van der Waals surface area contributed by atoms with E-state index in [1.165, 1.54) is 12.8 Å². The van der Waals surface area contributed by atoms with Crippen molar-refractivity contribution in [3.8, 4) is 0 Å². The lowest BCUT2D eigenvalue weighted by Gasteiger charge is -2.24. The molecule has 74 valence electrons. The minimum atomic E-state index is 0.219. The van der Waals surface area contributed by atoms with Crippen molar-refractivity contribution < 1.29 is 4.74 Å². The molecule has 0 bridgehead atoms. The van der Waals surface area contributed by atoms with Crippen LogP contribution in [0.3, 0.4) is 0 Å². The van der Waals surface area contributed by atoms with Crippen molar-refractivity contribution in [2.24, 2.45) is 0 Å². The van der Waals surface area contributed by atoms with Gasteiger partial charge >= 0.3 is 0 Å². The van der Waals surface area contributed by atoms with Gasteiger partial charge < -0.3 is 10.1 Å². The first-order valence-electron chi connectivity index (χ1n) is 5.04. The van der Waals surface area contributed by atoms with Gasteiger partial charge in [0, 0.05) is 12.3 Å². The summed E-state index contributed by atoms with van der Waals surface area (Å²) in [5.74, 6) is 0. The fourth-order valence-electron chi connectivity index (χ4n) is 1.45. The van der Waals surface area contributed by atoms with Crippen molar-refractivity contribution in [3.63, 3.8) is 0 Å². The molecule has 1 rings (SSSR count). The van der Waals surface area contributed by atoms with E-state index in [0.29, 0.717) is 0 Å². The van der Waals surface area contributed by atoms with E-state index in [1.54, 1.807) is 0 Å². The Balaban J connectivity index is 2.36. The molecule has 2 nitrogen and oxygen atoms in total. The van der Waals surface area contributed by atoms with Crippen LogP contribution in [0.1, 0.15) is 33.1 Å². The first kappa shape index (κ1) is 10.3. The molecule has 1 heterocycles. The van der Waals surface area contributed by atoms with Gasteiger partial charge in [0.25, 0.3) is 0 Å². The summed E-state index contributed by atoms with van der Waals surface area (Å²) >= 11 is 0. The highest BCUT2D eigenvalue weighted by atomic mass is 16.5. The molecule has 1 fully saturated rings. The summed E-state index contributed by atoms with van der Waals surface area (Å²) < 4.78 is 5.57. The molecule has 0 spiro atoms. The fourth-order valence-corrected chi connectivity index (χ4v) is 1.45. The predicted octanol–water partition coefficient (Wildman–Crippen LogP) is 2.58. The average molecular weight is 181 g/mol. The van der Waals surface area contributed by atoms with Crippen LogP contribution in [0.25, 0.3) is 0 Å². The number of hydrogen-bond donors (Lipinski definition) is 1. The SMILES string of the molecule is C/C=C\C(=C\C)NC1CCCCO1. The molecule has 1 aliphatic rings. The van der Waals surface area contributed by atoms with Gasteiger partial charge in [0.05, 0.1) is 0 Å². The molecule has 0 saturated carbocycles. The van der Waals surface area contributed by atoms with Crippen LogP contribution < -0.4 is 5.32 Å². The van der Waals surface area contributed by atoms with Gasteiger partial charge in [-0.1, -0.05) is 12.2 Å². The lowest BCUT2D eigenvalue weighted by atomic mass is 10.2. The smallest absolute Gasteiger partial charge is 0.127 e. The summed E-state index contributed by atoms with van der Waals surface area (Å²) in [6.45, 7) is 4.95. The molecule has 1 N–H and O–H groups in total. The number of rotatable bonds is 3.